The van der Waals surface area contributed by atoms with Crippen LogP contribution in [0.5, 0.6) is 0 Å². The maximum absolute atomic E-state index is 11.7. The SMILES string of the molecule is NCc1n[nH]c(=O)c2ccc(-c3cnco3)cc12. The molecule has 1 aromatic carbocycles. The van der Waals surface area contributed by atoms with E-state index in [4.69, 9.17) is 10.2 Å². The smallest absolute Gasteiger partial charge is 0.272 e. The molecule has 3 N–H and O–H groups in total. The zero-order chi connectivity index (χ0) is 12.5. The van der Waals surface area contributed by atoms with Crippen LogP contribution in [0.25, 0.3) is 22.1 Å². The van der Waals surface area contributed by atoms with Gasteiger partial charge in [0.1, 0.15) is 0 Å². The van der Waals surface area contributed by atoms with Crippen LogP contribution in [0.1, 0.15) is 5.69 Å². The highest BCUT2D eigenvalue weighted by atomic mass is 16.3. The van der Waals surface area contributed by atoms with Gasteiger partial charge in [-0.25, -0.2) is 10.1 Å². The summed E-state index contributed by atoms with van der Waals surface area (Å²) >= 11 is 0. The second-order valence-corrected chi connectivity index (χ2v) is 3.83. The Labute approximate surface area is 101 Å². The molecule has 0 saturated carbocycles. The molecular formula is C12H10N4O2. The van der Waals surface area contributed by atoms with Crippen molar-refractivity contribution in [2.24, 2.45) is 5.73 Å². The van der Waals surface area contributed by atoms with E-state index < -0.39 is 0 Å². The van der Waals surface area contributed by atoms with Crippen molar-refractivity contribution in [2.45, 2.75) is 6.54 Å². The third-order valence-corrected chi connectivity index (χ3v) is 2.78. The molecule has 0 aliphatic rings. The highest BCUT2D eigenvalue weighted by molar-refractivity contribution is 5.87. The number of nitrogens with zero attached hydrogens (tertiary/aromatic N) is 2. The number of nitrogens with one attached hydrogen (secondary N) is 1. The van der Waals surface area contributed by atoms with E-state index >= 15 is 0 Å². The van der Waals surface area contributed by atoms with Crippen LogP contribution in [0.15, 0.2) is 40.0 Å². The molecule has 0 radical (unpaired) electrons. The van der Waals surface area contributed by atoms with Crippen molar-refractivity contribution in [1.29, 1.82) is 0 Å². The summed E-state index contributed by atoms with van der Waals surface area (Å²) in [5.41, 5.74) is 6.86. The molecule has 2 heterocycles. The number of fused-ring (bicyclic) bond motifs is 1. The number of aromatic amines is 1. The summed E-state index contributed by atoms with van der Waals surface area (Å²) < 4.78 is 5.22. The maximum Gasteiger partial charge on any atom is 0.272 e. The highest BCUT2D eigenvalue weighted by Crippen LogP contribution is 2.23. The third-order valence-electron chi connectivity index (χ3n) is 2.78. The summed E-state index contributed by atoms with van der Waals surface area (Å²) in [6.07, 6.45) is 2.98. The Balaban J connectivity index is 2.31. The Morgan fingerprint density at radius 3 is 2.94 bits per heavy atom. The topological polar surface area (TPSA) is 97.8 Å². The molecule has 6 nitrogen and oxygen atoms in total. The number of rotatable bonds is 2. The van der Waals surface area contributed by atoms with E-state index in [1.54, 1.807) is 18.3 Å². The van der Waals surface area contributed by atoms with Crippen LogP contribution in [0.3, 0.4) is 0 Å². The van der Waals surface area contributed by atoms with Crippen molar-refractivity contribution in [3.8, 4) is 11.3 Å². The minimum atomic E-state index is -0.230. The Bertz CT molecular complexity index is 746. The van der Waals surface area contributed by atoms with Crippen LogP contribution in [0.4, 0.5) is 0 Å². The van der Waals surface area contributed by atoms with Gasteiger partial charge >= 0.3 is 0 Å². The van der Waals surface area contributed by atoms with Crippen LogP contribution >= 0.6 is 0 Å². The first-order chi connectivity index (χ1) is 8.79. The van der Waals surface area contributed by atoms with Gasteiger partial charge in [-0.05, 0) is 12.1 Å². The Hall–Kier alpha value is -2.47. The van der Waals surface area contributed by atoms with Crippen molar-refractivity contribution in [3.63, 3.8) is 0 Å². The Morgan fingerprint density at radius 2 is 2.22 bits per heavy atom. The molecule has 18 heavy (non-hydrogen) atoms. The van der Waals surface area contributed by atoms with E-state index in [9.17, 15) is 4.79 Å². The lowest BCUT2D eigenvalue weighted by Crippen LogP contribution is -2.13. The first kappa shape index (κ1) is 10.7. The maximum atomic E-state index is 11.7. The van der Waals surface area contributed by atoms with Gasteiger partial charge in [0.2, 0.25) is 0 Å². The van der Waals surface area contributed by atoms with Crippen LogP contribution in [-0.4, -0.2) is 15.2 Å². The predicted molar refractivity (Wildman–Crippen MR) is 65.8 cm³/mol. The summed E-state index contributed by atoms with van der Waals surface area (Å²) in [5, 5.41) is 7.66. The van der Waals surface area contributed by atoms with E-state index in [1.165, 1.54) is 6.39 Å². The lowest BCUT2D eigenvalue weighted by atomic mass is 10.1. The van der Waals surface area contributed by atoms with Crippen molar-refractivity contribution in [2.75, 3.05) is 0 Å². The minimum absolute atomic E-state index is 0.230. The van der Waals surface area contributed by atoms with Crippen LogP contribution in [0.2, 0.25) is 0 Å². The standard InChI is InChI=1S/C12H10N4O2/c13-4-10-9-3-7(11-5-14-6-18-11)1-2-8(9)12(17)16-15-10/h1-3,5-6H,4,13H2,(H,16,17). The third kappa shape index (κ3) is 1.59. The van der Waals surface area contributed by atoms with Crippen LogP contribution < -0.4 is 11.3 Å². The fourth-order valence-corrected chi connectivity index (χ4v) is 1.89. The summed E-state index contributed by atoms with van der Waals surface area (Å²) in [6, 6.07) is 5.37. The predicted octanol–water partition coefficient (Wildman–Crippen LogP) is 1.04. The number of benzene rings is 1. The molecule has 0 aliphatic carbocycles. The van der Waals surface area contributed by atoms with Gasteiger partial charge in [0.05, 0.1) is 17.3 Å². The zero-order valence-electron chi connectivity index (χ0n) is 9.38. The van der Waals surface area contributed by atoms with Crippen molar-refractivity contribution in [1.82, 2.24) is 15.2 Å². The van der Waals surface area contributed by atoms with Crippen molar-refractivity contribution < 1.29 is 4.42 Å². The quantitative estimate of drug-likeness (QED) is 0.699. The van der Waals surface area contributed by atoms with E-state index in [0.717, 1.165) is 10.9 Å². The molecule has 0 fully saturated rings. The van der Waals surface area contributed by atoms with Crippen molar-refractivity contribution in [3.05, 3.63) is 46.8 Å². The summed E-state index contributed by atoms with van der Waals surface area (Å²) in [5.74, 6) is 0.639. The summed E-state index contributed by atoms with van der Waals surface area (Å²) in [6.45, 7) is 0.257. The molecule has 0 atom stereocenters. The number of H-pyrrole nitrogens is 1. The van der Waals surface area contributed by atoms with Gasteiger partial charge in [0, 0.05) is 17.5 Å². The first-order valence-corrected chi connectivity index (χ1v) is 5.40. The summed E-state index contributed by atoms with van der Waals surface area (Å²) in [7, 11) is 0. The number of hydrogen-bond acceptors (Lipinski definition) is 5. The van der Waals surface area contributed by atoms with Crippen molar-refractivity contribution >= 4 is 10.8 Å². The number of aromatic nitrogens is 3. The zero-order valence-corrected chi connectivity index (χ0v) is 9.38. The monoisotopic (exact) mass is 242 g/mol. The van der Waals surface area contributed by atoms with Gasteiger partial charge in [-0.1, -0.05) is 6.07 Å². The number of hydrogen-bond donors (Lipinski definition) is 2. The molecule has 2 aromatic heterocycles. The van der Waals surface area contributed by atoms with Gasteiger partial charge in [0.15, 0.2) is 12.2 Å². The van der Waals surface area contributed by atoms with Gasteiger partial charge in [-0.3, -0.25) is 4.79 Å². The molecule has 0 bridgehead atoms. The molecule has 0 spiro atoms. The molecular weight excluding hydrogens is 232 g/mol. The van der Waals surface area contributed by atoms with E-state index in [-0.39, 0.29) is 12.1 Å². The minimum Gasteiger partial charge on any atom is -0.444 e. The molecule has 0 amide bonds. The summed E-state index contributed by atoms with van der Waals surface area (Å²) in [4.78, 5) is 15.5. The molecule has 3 aromatic rings. The Kier molecular flexibility index (Phi) is 2.42. The number of nitrogens with two attached hydrogens (primary N) is 1. The van der Waals surface area contributed by atoms with Gasteiger partial charge in [-0.2, -0.15) is 5.10 Å². The lowest BCUT2D eigenvalue weighted by Gasteiger charge is -2.04. The second kappa shape index (κ2) is 4.08. The van der Waals surface area contributed by atoms with Crippen LogP contribution in [0, 0.1) is 0 Å². The van der Waals surface area contributed by atoms with E-state index in [0.29, 0.717) is 16.8 Å². The highest BCUT2D eigenvalue weighted by Gasteiger charge is 2.08. The van der Waals surface area contributed by atoms with Gasteiger partial charge in [-0.15, -0.1) is 0 Å². The fraction of sp³-hybridized carbons (Fsp3) is 0.0833. The number of oxazole rings is 1. The average molecular weight is 242 g/mol. The second-order valence-electron chi connectivity index (χ2n) is 3.83. The van der Waals surface area contributed by atoms with Gasteiger partial charge < -0.3 is 10.2 Å². The van der Waals surface area contributed by atoms with Gasteiger partial charge in [0.25, 0.3) is 5.56 Å². The van der Waals surface area contributed by atoms with E-state index in [1.807, 2.05) is 6.07 Å². The van der Waals surface area contributed by atoms with E-state index in [2.05, 4.69) is 15.2 Å². The molecule has 6 heteroatoms. The molecule has 90 valence electrons. The normalized spacial score (nSPS) is 10.9. The Morgan fingerprint density at radius 1 is 1.33 bits per heavy atom. The lowest BCUT2D eigenvalue weighted by molar-refractivity contribution is 0.572. The average Bonchev–Trinajstić information content (AvgIpc) is 2.93. The molecule has 0 saturated heterocycles. The van der Waals surface area contributed by atoms with Crippen LogP contribution in [-0.2, 0) is 6.54 Å². The molecule has 0 unspecified atom stereocenters. The fourth-order valence-electron chi connectivity index (χ4n) is 1.89. The first-order valence-electron chi connectivity index (χ1n) is 5.40. The largest absolute Gasteiger partial charge is 0.444 e. The molecule has 3 rings (SSSR count). The molecule has 0 aliphatic heterocycles.